The zero-order chi connectivity index (χ0) is 22.4. The van der Waals surface area contributed by atoms with E-state index in [9.17, 15) is 10.1 Å². The lowest BCUT2D eigenvalue weighted by molar-refractivity contribution is -0.118. The van der Waals surface area contributed by atoms with E-state index < -0.39 is 5.54 Å². The van der Waals surface area contributed by atoms with Crippen molar-refractivity contribution in [1.82, 2.24) is 10.2 Å². The molecule has 0 unspecified atom stereocenters. The summed E-state index contributed by atoms with van der Waals surface area (Å²) in [5.74, 6) is -0.360. The third-order valence-electron chi connectivity index (χ3n) is 5.15. The molecule has 0 radical (unpaired) electrons. The van der Waals surface area contributed by atoms with Gasteiger partial charge >= 0.3 is 0 Å². The van der Waals surface area contributed by atoms with Gasteiger partial charge in [-0.15, -0.1) is 0 Å². The van der Waals surface area contributed by atoms with Gasteiger partial charge in [-0.25, -0.2) is 0 Å². The number of benzene rings is 1. The average Bonchev–Trinajstić information content (AvgIpc) is 2.65. The molecular weight excluding hydrogens is 376 g/mol. The molecule has 30 heavy (non-hydrogen) atoms. The maximum Gasteiger partial charge on any atom is 0.262 e. The second-order valence-corrected chi connectivity index (χ2v) is 9.60. The smallest absolute Gasteiger partial charge is 0.262 e. The number of ether oxygens (including phenoxy) is 1. The zero-order valence-corrected chi connectivity index (χ0v) is 19.3. The van der Waals surface area contributed by atoms with Crippen molar-refractivity contribution in [1.29, 1.82) is 5.26 Å². The maximum absolute atomic E-state index is 12.6. The number of rotatable bonds is 7. The van der Waals surface area contributed by atoms with E-state index in [1.54, 1.807) is 6.08 Å². The summed E-state index contributed by atoms with van der Waals surface area (Å²) in [6, 6.07) is 10.1. The molecule has 1 amide bonds. The average molecular weight is 413 g/mol. The molecule has 1 aliphatic heterocycles. The van der Waals surface area contributed by atoms with Crippen LogP contribution in [0.4, 0.5) is 5.69 Å². The van der Waals surface area contributed by atoms with Crippen molar-refractivity contribution < 1.29 is 9.53 Å². The molecular formula is C24H36N4O2. The van der Waals surface area contributed by atoms with E-state index in [0.717, 1.165) is 31.7 Å². The van der Waals surface area contributed by atoms with Gasteiger partial charge in [0, 0.05) is 44.0 Å². The molecule has 6 nitrogen and oxygen atoms in total. The first kappa shape index (κ1) is 23.9. The number of carbonyl (C=O) groups excluding carboxylic acids is 1. The van der Waals surface area contributed by atoms with Crippen LogP contribution in [0, 0.1) is 11.3 Å². The minimum Gasteiger partial charge on any atom is -0.376 e. The summed E-state index contributed by atoms with van der Waals surface area (Å²) in [6.45, 7) is 14.5. The van der Waals surface area contributed by atoms with Gasteiger partial charge in [0.2, 0.25) is 0 Å². The Kier molecular flexibility index (Phi) is 8.05. The lowest BCUT2D eigenvalue weighted by atomic mass is 10.00. The number of nitriles is 1. The molecule has 0 bridgehead atoms. The van der Waals surface area contributed by atoms with Crippen LogP contribution in [0.2, 0.25) is 0 Å². The monoisotopic (exact) mass is 412 g/mol. The maximum atomic E-state index is 12.6. The van der Waals surface area contributed by atoms with Gasteiger partial charge in [0.1, 0.15) is 11.6 Å². The Labute approximate surface area is 181 Å². The number of anilines is 1. The predicted molar refractivity (Wildman–Crippen MR) is 122 cm³/mol. The number of carbonyl (C=O) groups is 1. The van der Waals surface area contributed by atoms with Crippen LogP contribution in [0.15, 0.2) is 29.8 Å². The molecule has 0 spiro atoms. The Morgan fingerprint density at radius 3 is 2.27 bits per heavy atom. The van der Waals surface area contributed by atoms with Crippen molar-refractivity contribution in [3.05, 3.63) is 35.4 Å². The van der Waals surface area contributed by atoms with Crippen LogP contribution in [0.1, 0.15) is 46.6 Å². The van der Waals surface area contributed by atoms with E-state index in [1.807, 2.05) is 52.8 Å². The number of nitrogens with zero attached hydrogens (tertiary/aromatic N) is 3. The van der Waals surface area contributed by atoms with Crippen LogP contribution in [0.3, 0.4) is 0 Å². The number of piperazine rings is 1. The van der Waals surface area contributed by atoms with E-state index in [0.29, 0.717) is 13.0 Å². The lowest BCUT2D eigenvalue weighted by Crippen LogP contribution is -2.45. The number of nitrogens with one attached hydrogen (secondary N) is 1. The van der Waals surface area contributed by atoms with Gasteiger partial charge in [-0.1, -0.05) is 12.1 Å². The first-order chi connectivity index (χ1) is 14.0. The molecule has 1 N–H and O–H groups in total. The van der Waals surface area contributed by atoms with Crippen LogP contribution in [-0.4, -0.2) is 61.8 Å². The van der Waals surface area contributed by atoms with Gasteiger partial charge in [0.05, 0.1) is 5.60 Å². The molecule has 1 aromatic rings. The minimum atomic E-state index is -0.469. The fraction of sp³-hybridized carbons (Fsp3) is 0.583. The Morgan fingerprint density at radius 2 is 1.73 bits per heavy atom. The summed E-state index contributed by atoms with van der Waals surface area (Å²) in [7, 11) is 2.14. The molecule has 1 fully saturated rings. The van der Waals surface area contributed by atoms with E-state index in [-0.39, 0.29) is 17.1 Å². The van der Waals surface area contributed by atoms with Gasteiger partial charge in [-0.3, -0.25) is 4.79 Å². The van der Waals surface area contributed by atoms with Gasteiger partial charge in [-0.05, 0) is 71.9 Å². The van der Waals surface area contributed by atoms with E-state index in [4.69, 9.17) is 4.74 Å². The minimum absolute atomic E-state index is 0.104. The fourth-order valence-electron chi connectivity index (χ4n) is 3.21. The van der Waals surface area contributed by atoms with Crippen molar-refractivity contribution in [3.8, 4) is 6.07 Å². The molecule has 2 rings (SSSR count). The van der Waals surface area contributed by atoms with Crippen molar-refractivity contribution in [2.75, 3.05) is 44.7 Å². The van der Waals surface area contributed by atoms with Gasteiger partial charge in [0.15, 0.2) is 0 Å². The SMILES string of the molecule is CN1CCN(c2ccc(C=C(C#N)C(=O)NC(C)(C)CCOC(C)(C)C)cc2)CC1. The summed E-state index contributed by atoms with van der Waals surface area (Å²) in [4.78, 5) is 17.3. The molecule has 0 aliphatic carbocycles. The summed E-state index contributed by atoms with van der Waals surface area (Å²) in [5.41, 5.74) is 1.43. The molecule has 1 heterocycles. The Bertz CT molecular complexity index is 777. The third kappa shape index (κ3) is 7.81. The normalized spacial score (nSPS) is 16.3. The van der Waals surface area contributed by atoms with Crippen molar-refractivity contribution in [3.63, 3.8) is 0 Å². The number of likely N-dealkylation sites (N-methyl/N-ethyl adjacent to an activating group) is 1. The predicted octanol–water partition coefficient (Wildman–Crippen LogP) is 3.45. The highest BCUT2D eigenvalue weighted by Crippen LogP contribution is 2.19. The number of hydrogen-bond acceptors (Lipinski definition) is 5. The molecule has 1 aliphatic rings. The standard InChI is InChI=1S/C24H36N4O2/c1-23(2,3)30-16-11-24(4,5)26-22(29)20(18-25)17-19-7-9-21(10-8-19)28-14-12-27(6)13-15-28/h7-10,17H,11-16H2,1-6H3,(H,26,29). The van der Waals surface area contributed by atoms with Crippen molar-refractivity contribution in [2.24, 2.45) is 0 Å². The quantitative estimate of drug-likeness (QED) is 0.549. The first-order valence-corrected chi connectivity index (χ1v) is 10.6. The van der Waals surface area contributed by atoms with Gasteiger partial charge in [-0.2, -0.15) is 5.26 Å². The summed E-state index contributed by atoms with van der Waals surface area (Å²) < 4.78 is 5.76. The van der Waals surface area contributed by atoms with E-state index in [1.165, 1.54) is 5.69 Å². The van der Waals surface area contributed by atoms with Crippen LogP contribution in [0.25, 0.3) is 6.08 Å². The lowest BCUT2D eigenvalue weighted by Gasteiger charge is -2.34. The summed E-state index contributed by atoms with van der Waals surface area (Å²) >= 11 is 0. The molecule has 0 atom stereocenters. The highest BCUT2D eigenvalue weighted by Gasteiger charge is 2.23. The highest BCUT2D eigenvalue weighted by atomic mass is 16.5. The Balaban J connectivity index is 1.98. The molecule has 0 saturated carbocycles. The summed E-state index contributed by atoms with van der Waals surface area (Å²) in [6.07, 6.45) is 2.30. The Morgan fingerprint density at radius 1 is 1.13 bits per heavy atom. The van der Waals surface area contributed by atoms with Crippen molar-refractivity contribution >= 4 is 17.7 Å². The molecule has 1 saturated heterocycles. The second kappa shape index (κ2) is 10.1. The third-order valence-corrected chi connectivity index (χ3v) is 5.15. The largest absolute Gasteiger partial charge is 0.376 e. The van der Waals surface area contributed by atoms with E-state index >= 15 is 0 Å². The van der Waals surface area contributed by atoms with Crippen LogP contribution < -0.4 is 10.2 Å². The van der Waals surface area contributed by atoms with E-state index in [2.05, 4.69) is 34.3 Å². The van der Waals surface area contributed by atoms with Gasteiger partial charge in [0.25, 0.3) is 5.91 Å². The molecule has 1 aromatic carbocycles. The molecule has 0 aromatic heterocycles. The number of amides is 1. The van der Waals surface area contributed by atoms with Crippen LogP contribution in [-0.2, 0) is 9.53 Å². The highest BCUT2D eigenvalue weighted by molar-refractivity contribution is 6.02. The Hall–Kier alpha value is -2.36. The second-order valence-electron chi connectivity index (χ2n) is 9.60. The van der Waals surface area contributed by atoms with Crippen LogP contribution in [0.5, 0.6) is 0 Å². The topological polar surface area (TPSA) is 68.6 Å². The van der Waals surface area contributed by atoms with Crippen LogP contribution >= 0.6 is 0 Å². The van der Waals surface area contributed by atoms with Gasteiger partial charge < -0.3 is 19.9 Å². The van der Waals surface area contributed by atoms with Crippen molar-refractivity contribution in [2.45, 2.75) is 52.2 Å². The molecule has 164 valence electrons. The first-order valence-electron chi connectivity index (χ1n) is 10.6. The zero-order valence-electron chi connectivity index (χ0n) is 19.3. The molecule has 6 heteroatoms. The summed E-state index contributed by atoms with van der Waals surface area (Å²) in [5, 5.41) is 12.5. The number of hydrogen-bond donors (Lipinski definition) is 1. The fourth-order valence-corrected chi connectivity index (χ4v) is 3.21.